The van der Waals surface area contributed by atoms with Crippen LogP contribution in [0.25, 0.3) is 11.2 Å². The van der Waals surface area contributed by atoms with E-state index in [9.17, 15) is 18.0 Å². The number of hydrogen-bond donors (Lipinski definition) is 0. The lowest BCUT2D eigenvalue weighted by Gasteiger charge is -2.11. The lowest BCUT2D eigenvalue weighted by Crippen LogP contribution is -2.22. The summed E-state index contributed by atoms with van der Waals surface area (Å²) in [7, 11) is 1.71. The van der Waals surface area contributed by atoms with Gasteiger partial charge in [-0.05, 0) is 24.1 Å². The molecule has 0 unspecified atom stereocenters. The van der Waals surface area contributed by atoms with Crippen molar-refractivity contribution in [1.82, 2.24) is 29.2 Å². The molecule has 3 aromatic heterocycles. The highest BCUT2D eigenvalue weighted by Crippen LogP contribution is 2.38. The van der Waals surface area contributed by atoms with Gasteiger partial charge >= 0.3 is 6.18 Å². The van der Waals surface area contributed by atoms with Crippen LogP contribution in [-0.4, -0.2) is 35.8 Å². The number of halogens is 3. The molecule has 166 valence electrons. The van der Waals surface area contributed by atoms with E-state index in [2.05, 4.69) is 20.1 Å². The number of ether oxygens (including phenoxy) is 1. The van der Waals surface area contributed by atoms with Crippen LogP contribution in [0.15, 0.2) is 46.2 Å². The number of alkyl halides is 3. The molecule has 0 aliphatic carbocycles. The number of nitrogens with zero attached hydrogens (tertiary/aromatic N) is 6. The summed E-state index contributed by atoms with van der Waals surface area (Å²) in [5.41, 5.74) is 0.411. The van der Waals surface area contributed by atoms with Gasteiger partial charge < -0.3 is 13.8 Å². The summed E-state index contributed by atoms with van der Waals surface area (Å²) >= 11 is 0. The Morgan fingerprint density at radius 3 is 2.66 bits per heavy atom. The fourth-order valence-corrected chi connectivity index (χ4v) is 3.75. The normalized spacial score (nSPS) is 19.1. The molecule has 12 heteroatoms. The van der Waals surface area contributed by atoms with Gasteiger partial charge in [-0.2, -0.15) is 18.2 Å². The van der Waals surface area contributed by atoms with Crippen molar-refractivity contribution in [2.45, 2.75) is 31.2 Å². The van der Waals surface area contributed by atoms with Gasteiger partial charge in [-0.15, -0.1) is 0 Å². The van der Waals surface area contributed by atoms with Gasteiger partial charge in [0, 0.05) is 13.0 Å². The summed E-state index contributed by atoms with van der Waals surface area (Å²) in [6.07, 6.45) is -1.34. The predicted molar refractivity (Wildman–Crippen MR) is 104 cm³/mol. The molecule has 32 heavy (non-hydrogen) atoms. The highest BCUT2D eigenvalue weighted by atomic mass is 19.4. The molecule has 0 N–H and O–H groups in total. The van der Waals surface area contributed by atoms with Crippen molar-refractivity contribution in [3.63, 3.8) is 0 Å². The highest BCUT2D eigenvalue weighted by molar-refractivity contribution is 5.68. The van der Waals surface area contributed by atoms with E-state index in [-0.39, 0.29) is 30.0 Å². The molecule has 4 heterocycles. The fraction of sp³-hybridized carbons (Fsp3) is 0.350. The molecule has 2 atom stereocenters. The molecule has 1 aliphatic rings. The maximum absolute atomic E-state index is 12.8. The molecule has 9 nitrogen and oxygen atoms in total. The van der Waals surface area contributed by atoms with E-state index in [1.165, 1.54) is 29.4 Å². The molecule has 0 bridgehead atoms. The van der Waals surface area contributed by atoms with Crippen LogP contribution < -0.4 is 5.56 Å². The molecule has 0 amide bonds. The van der Waals surface area contributed by atoms with Crippen LogP contribution in [-0.2, 0) is 24.5 Å². The second-order valence-corrected chi connectivity index (χ2v) is 7.63. The van der Waals surface area contributed by atoms with E-state index >= 15 is 0 Å². The number of benzene rings is 1. The zero-order chi connectivity index (χ0) is 22.5. The first-order valence-corrected chi connectivity index (χ1v) is 9.77. The topological polar surface area (TPSA) is 101 Å². The third-order valence-electron chi connectivity index (χ3n) is 5.46. The zero-order valence-corrected chi connectivity index (χ0v) is 16.8. The average molecular weight is 446 g/mol. The molecule has 4 aromatic rings. The van der Waals surface area contributed by atoms with E-state index in [4.69, 9.17) is 9.26 Å². The number of aromatic nitrogens is 6. The van der Waals surface area contributed by atoms with E-state index < -0.39 is 11.7 Å². The number of rotatable bonds is 4. The Labute approximate surface area is 178 Å². The van der Waals surface area contributed by atoms with Crippen LogP contribution in [0.3, 0.4) is 0 Å². The van der Waals surface area contributed by atoms with Crippen molar-refractivity contribution in [1.29, 1.82) is 0 Å². The van der Waals surface area contributed by atoms with Crippen LogP contribution in [0.1, 0.15) is 41.3 Å². The minimum Gasteiger partial charge on any atom is -0.373 e. The molecule has 0 spiro atoms. The SMILES string of the molecule is Cn1cnc2ncn(Cc3nc([C@@H]4CO[C@@H](c5ccc(C(F)(F)F)cc5)C4)no3)c(=O)c21. The van der Waals surface area contributed by atoms with Crippen molar-refractivity contribution in [2.24, 2.45) is 7.05 Å². The van der Waals surface area contributed by atoms with Crippen LogP contribution in [0.2, 0.25) is 0 Å². The lowest BCUT2D eigenvalue weighted by molar-refractivity contribution is -0.137. The van der Waals surface area contributed by atoms with Crippen LogP contribution in [0.5, 0.6) is 0 Å². The third kappa shape index (κ3) is 3.66. The molecule has 1 aliphatic heterocycles. The third-order valence-corrected chi connectivity index (χ3v) is 5.46. The molecule has 1 fully saturated rings. The van der Waals surface area contributed by atoms with Gasteiger partial charge in [0.1, 0.15) is 12.9 Å². The molecular formula is C20H17F3N6O3. The van der Waals surface area contributed by atoms with Crippen molar-refractivity contribution < 1.29 is 22.4 Å². The maximum atomic E-state index is 12.8. The summed E-state index contributed by atoms with van der Waals surface area (Å²) < 4.78 is 52.3. The van der Waals surface area contributed by atoms with Crippen molar-refractivity contribution >= 4 is 11.2 Å². The first-order valence-electron chi connectivity index (χ1n) is 9.77. The fourth-order valence-electron chi connectivity index (χ4n) is 3.75. The summed E-state index contributed by atoms with van der Waals surface area (Å²) in [4.78, 5) is 25.2. The Morgan fingerprint density at radius 1 is 1.16 bits per heavy atom. The van der Waals surface area contributed by atoms with Gasteiger partial charge in [-0.25, -0.2) is 9.97 Å². The standard InChI is InChI=1S/C20H17F3N6O3/c1-28-9-24-18-16(28)19(30)29(10-25-18)7-15-26-17(27-32-15)12-6-14(31-8-12)11-2-4-13(5-3-11)20(21,22)23/h2-5,9-10,12,14H,6-8H2,1H3/t12-,14+/m0/s1. The Balaban J connectivity index is 1.29. The van der Waals surface area contributed by atoms with Gasteiger partial charge in [0.15, 0.2) is 17.0 Å². The smallest absolute Gasteiger partial charge is 0.373 e. The predicted octanol–water partition coefficient (Wildman–Crippen LogP) is 2.83. The summed E-state index contributed by atoms with van der Waals surface area (Å²) in [5.74, 6) is 0.495. The maximum Gasteiger partial charge on any atom is 0.416 e. The minimum atomic E-state index is -4.38. The molecule has 1 aromatic carbocycles. The van der Waals surface area contributed by atoms with E-state index in [0.29, 0.717) is 35.6 Å². The van der Waals surface area contributed by atoms with E-state index in [1.54, 1.807) is 11.6 Å². The molecule has 0 saturated carbocycles. The Morgan fingerprint density at radius 2 is 1.91 bits per heavy atom. The Bertz CT molecular complexity index is 1330. The molecule has 0 radical (unpaired) electrons. The van der Waals surface area contributed by atoms with Gasteiger partial charge in [-0.3, -0.25) is 9.36 Å². The van der Waals surface area contributed by atoms with E-state index in [0.717, 1.165) is 12.1 Å². The van der Waals surface area contributed by atoms with Crippen molar-refractivity contribution in [2.75, 3.05) is 6.61 Å². The lowest BCUT2D eigenvalue weighted by atomic mass is 9.99. The summed E-state index contributed by atoms with van der Waals surface area (Å²) in [5, 5.41) is 4.00. The minimum absolute atomic E-state index is 0.0515. The molecule has 5 rings (SSSR count). The second kappa shape index (κ2) is 7.55. The van der Waals surface area contributed by atoms with Crippen molar-refractivity contribution in [3.8, 4) is 0 Å². The van der Waals surface area contributed by atoms with E-state index in [1.807, 2.05) is 0 Å². The summed E-state index contributed by atoms with van der Waals surface area (Å²) in [6, 6.07) is 4.93. The first-order chi connectivity index (χ1) is 15.3. The monoisotopic (exact) mass is 446 g/mol. The first kappa shape index (κ1) is 20.4. The molecular weight excluding hydrogens is 429 g/mol. The van der Waals surface area contributed by atoms with Gasteiger partial charge in [0.25, 0.3) is 5.56 Å². The van der Waals surface area contributed by atoms with Crippen molar-refractivity contribution in [3.05, 3.63) is 70.1 Å². The Hall–Kier alpha value is -3.54. The molecule has 1 saturated heterocycles. The number of aryl methyl sites for hydroxylation is 1. The second-order valence-electron chi connectivity index (χ2n) is 7.63. The summed E-state index contributed by atoms with van der Waals surface area (Å²) in [6.45, 7) is 0.364. The van der Waals surface area contributed by atoms with Gasteiger partial charge in [0.2, 0.25) is 5.89 Å². The Kier molecular flexibility index (Phi) is 4.81. The van der Waals surface area contributed by atoms with Gasteiger partial charge in [0.05, 0.1) is 24.6 Å². The van der Waals surface area contributed by atoms with Crippen LogP contribution in [0.4, 0.5) is 13.2 Å². The number of fused-ring (bicyclic) bond motifs is 1. The quantitative estimate of drug-likeness (QED) is 0.475. The van der Waals surface area contributed by atoms with Crippen LogP contribution in [0, 0.1) is 0 Å². The average Bonchev–Trinajstić information content (AvgIpc) is 3.50. The zero-order valence-electron chi connectivity index (χ0n) is 16.8. The number of imidazole rings is 1. The number of hydrogen-bond acceptors (Lipinski definition) is 7. The van der Waals surface area contributed by atoms with Crippen LogP contribution >= 0.6 is 0 Å². The largest absolute Gasteiger partial charge is 0.416 e. The highest BCUT2D eigenvalue weighted by Gasteiger charge is 2.33. The van der Waals surface area contributed by atoms with Gasteiger partial charge in [-0.1, -0.05) is 17.3 Å².